The van der Waals surface area contributed by atoms with Crippen LogP contribution >= 0.6 is 0 Å². The van der Waals surface area contributed by atoms with Crippen molar-refractivity contribution in [3.8, 4) is 0 Å². The summed E-state index contributed by atoms with van der Waals surface area (Å²) in [6, 6.07) is 1.34. The van der Waals surface area contributed by atoms with Gasteiger partial charge in [0.1, 0.15) is 12.7 Å². The predicted molar refractivity (Wildman–Crippen MR) is 59.5 cm³/mol. The topological polar surface area (TPSA) is 42.7 Å². The van der Waals surface area contributed by atoms with E-state index in [9.17, 15) is 0 Å². The monoisotopic (exact) mass is 208 g/mol. The van der Waals surface area contributed by atoms with Gasteiger partial charge in [0.2, 0.25) is 0 Å². The fourth-order valence-corrected chi connectivity index (χ4v) is 2.25. The van der Waals surface area contributed by atoms with Crippen LogP contribution in [0.1, 0.15) is 39.0 Å². The first-order valence-corrected chi connectivity index (χ1v) is 5.93. The molecule has 0 spiro atoms. The Hall–Kier alpha value is -0.900. The first kappa shape index (κ1) is 10.6. The van der Waals surface area contributed by atoms with E-state index in [0.29, 0.717) is 6.04 Å². The molecule has 4 nitrogen and oxygen atoms in total. The van der Waals surface area contributed by atoms with Crippen molar-refractivity contribution in [3.05, 3.63) is 12.7 Å². The summed E-state index contributed by atoms with van der Waals surface area (Å²) in [5.74, 6) is 0. The molecule has 1 aromatic rings. The Morgan fingerprint density at radius 1 is 1.47 bits per heavy atom. The van der Waals surface area contributed by atoms with Gasteiger partial charge in [-0.2, -0.15) is 5.10 Å². The van der Waals surface area contributed by atoms with E-state index in [1.165, 1.54) is 25.7 Å². The SMILES string of the molecule is CC(CCn1cncn1)NC1CCCC1. The molecule has 1 aliphatic carbocycles. The van der Waals surface area contributed by atoms with E-state index >= 15 is 0 Å². The maximum atomic E-state index is 4.10. The number of aryl methyl sites for hydroxylation is 1. The van der Waals surface area contributed by atoms with Gasteiger partial charge < -0.3 is 5.32 Å². The van der Waals surface area contributed by atoms with Gasteiger partial charge in [0.05, 0.1) is 0 Å². The Balaban J connectivity index is 1.66. The summed E-state index contributed by atoms with van der Waals surface area (Å²) in [4.78, 5) is 3.93. The third-order valence-electron chi connectivity index (χ3n) is 3.13. The van der Waals surface area contributed by atoms with Crippen LogP contribution in [0.5, 0.6) is 0 Å². The van der Waals surface area contributed by atoms with Gasteiger partial charge in [0.25, 0.3) is 0 Å². The van der Waals surface area contributed by atoms with Gasteiger partial charge in [-0.1, -0.05) is 12.8 Å². The summed E-state index contributed by atoms with van der Waals surface area (Å²) in [5, 5.41) is 7.78. The van der Waals surface area contributed by atoms with Gasteiger partial charge in [-0.05, 0) is 26.2 Å². The second-order valence-electron chi connectivity index (χ2n) is 4.50. The standard InChI is InChI=1S/C11H20N4/c1-10(14-11-4-2-3-5-11)6-7-15-9-12-8-13-15/h8-11,14H,2-7H2,1H3. The largest absolute Gasteiger partial charge is 0.311 e. The van der Waals surface area contributed by atoms with Crippen LogP contribution in [0, 0.1) is 0 Å². The molecule has 1 N–H and O–H groups in total. The summed E-state index contributed by atoms with van der Waals surface area (Å²) in [5.41, 5.74) is 0. The minimum absolute atomic E-state index is 0.581. The lowest BCUT2D eigenvalue weighted by Gasteiger charge is -2.18. The lowest BCUT2D eigenvalue weighted by molar-refractivity contribution is 0.404. The predicted octanol–water partition coefficient (Wildman–Crippen LogP) is 1.59. The second kappa shape index (κ2) is 5.26. The van der Waals surface area contributed by atoms with Crippen LogP contribution in [0.3, 0.4) is 0 Å². The van der Waals surface area contributed by atoms with E-state index in [0.717, 1.165) is 19.0 Å². The van der Waals surface area contributed by atoms with Gasteiger partial charge in [-0.3, -0.25) is 4.68 Å². The Morgan fingerprint density at radius 2 is 2.27 bits per heavy atom. The Morgan fingerprint density at radius 3 is 2.93 bits per heavy atom. The molecular weight excluding hydrogens is 188 g/mol. The molecule has 1 unspecified atom stereocenters. The van der Waals surface area contributed by atoms with Crippen molar-refractivity contribution in [2.75, 3.05) is 0 Å². The summed E-state index contributed by atoms with van der Waals surface area (Å²) >= 11 is 0. The first-order valence-electron chi connectivity index (χ1n) is 5.93. The van der Waals surface area contributed by atoms with E-state index in [-0.39, 0.29) is 0 Å². The number of aromatic nitrogens is 3. The number of hydrogen-bond acceptors (Lipinski definition) is 3. The third kappa shape index (κ3) is 3.30. The molecule has 15 heavy (non-hydrogen) atoms. The number of hydrogen-bond donors (Lipinski definition) is 1. The average molecular weight is 208 g/mol. The van der Waals surface area contributed by atoms with Crippen molar-refractivity contribution in [1.29, 1.82) is 0 Å². The summed E-state index contributed by atoms with van der Waals surface area (Å²) in [7, 11) is 0. The minimum Gasteiger partial charge on any atom is -0.311 e. The molecule has 0 aliphatic heterocycles. The van der Waals surface area contributed by atoms with Crippen LogP contribution in [-0.2, 0) is 6.54 Å². The summed E-state index contributed by atoms with van der Waals surface area (Å²) in [6.45, 7) is 3.22. The quantitative estimate of drug-likeness (QED) is 0.799. The van der Waals surface area contributed by atoms with Gasteiger partial charge in [-0.15, -0.1) is 0 Å². The van der Waals surface area contributed by atoms with Gasteiger partial charge in [0.15, 0.2) is 0 Å². The van der Waals surface area contributed by atoms with E-state index in [1.807, 2.05) is 4.68 Å². The molecule has 0 bridgehead atoms. The fraction of sp³-hybridized carbons (Fsp3) is 0.818. The van der Waals surface area contributed by atoms with Gasteiger partial charge in [-0.25, -0.2) is 4.98 Å². The van der Waals surface area contributed by atoms with E-state index in [1.54, 1.807) is 12.7 Å². The molecule has 1 saturated carbocycles. The molecule has 0 amide bonds. The van der Waals surface area contributed by atoms with Crippen LogP contribution in [0.25, 0.3) is 0 Å². The molecule has 0 saturated heterocycles. The molecule has 84 valence electrons. The van der Waals surface area contributed by atoms with Crippen molar-refractivity contribution in [2.45, 2.75) is 57.7 Å². The van der Waals surface area contributed by atoms with Crippen molar-refractivity contribution in [3.63, 3.8) is 0 Å². The highest BCUT2D eigenvalue weighted by atomic mass is 15.3. The maximum Gasteiger partial charge on any atom is 0.137 e. The zero-order valence-corrected chi connectivity index (χ0v) is 9.39. The van der Waals surface area contributed by atoms with Crippen LogP contribution in [0.2, 0.25) is 0 Å². The zero-order valence-electron chi connectivity index (χ0n) is 9.39. The van der Waals surface area contributed by atoms with Crippen molar-refractivity contribution in [2.24, 2.45) is 0 Å². The number of rotatable bonds is 5. The minimum atomic E-state index is 0.581. The number of nitrogens with one attached hydrogen (secondary N) is 1. The molecule has 1 aliphatic rings. The number of nitrogens with zero attached hydrogens (tertiary/aromatic N) is 3. The smallest absolute Gasteiger partial charge is 0.137 e. The Labute approximate surface area is 91.1 Å². The molecule has 1 aromatic heterocycles. The average Bonchev–Trinajstić information content (AvgIpc) is 2.86. The molecule has 0 aromatic carbocycles. The molecule has 2 rings (SSSR count). The van der Waals surface area contributed by atoms with E-state index in [2.05, 4.69) is 22.3 Å². The zero-order chi connectivity index (χ0) is 10.5. The molecule has 1 heterocycles. The molecule has 1 fully saturated rings. The van der Waals surface area contributed by atoms with E-state index in [4.69, 9.17) is 0 Å². The lowest BCUT2D eigenvalue weighted by Crippen LogP contribution is -2.35. The Bertz CT molecular complexity index is 264. The molecular formula is C11H20N4. The fourth-order valence-electron chi connectivity index (χ4n) is 2.25. The highest BCUT2D eigenvalue weighted by Gasteiger charge is 2.16. The molecule has 4 heteroatoms. The third-order valence-corrected chi connectivity index (χ3v) is 3.13. The van der Waals surface area contributed by atoms with Gasteiger partial charge in [0, 0.05) is 18.6 Å². The van der Waals surface area contributed by atoms with Crippen LogP contribution in [0.15, 0.2) is 12.7 Å². The second-order valence-corrected chi connectivity index (χ2v) is 4.50. The normalized spacial score (nSPS) is 19.5. The van der Waals surface area contributed by atoms with E-state index < -0.39 is 0 Å². The summed E-state index contributed by atoms with van der Waals surface area (Å²) in [6.07, 6.45) is 10.00. The first-order chi connectivity index (χ1) is 7.34. The molecule has 1 atom stereocenters. The lowest BCUT2D eigenvalue weighted by atomic mass is 10.2. The highest BCUT2D eigenvalue weighted by molar-refractivity contribution is 4.76. The Kier molecular flexibility index (Phi) is 3.72. The highest BCUT2D eigenvalue weighted by Crippen LogP contribution is 2.18. The van der Waals surface area contributed by atoms with Crippen LogP contribution in [-0.4, -0.2) is 26.8 Å². The molecule has 0 radical (unpaired) electrons. The maximum absolute atomic E-state index is 4.10. The van der Waals surface area contributed by atoms with Crippen molar-refractivity contribution >= 4 is 0 Å². The van der Waals surface area contributed by atoms with Crippen LogP contribution in [0.4, 0.5) is 0 Å². The van der Waals surface area contributed by atoms with Crippen LogP contribution < -0.4 is 5.32 Å². The van der Waals surface area contributed by atoms with Crippen molar-refractivity contribution < 1.29 is 0 Å². The summed E-state index contributed by atoms with van der Waals surface area (Å²) < 4.78 is 1.90. The van der Waals surface area contributed by atoms with Gasteiger partial charge >= 0.3 is 0 Å². The van der Waals surface area contributed by atoms with Crippen molar-refractivity contribution in [1.82, 2.24) is 20.1 Å².